The van der Waals surface area contributed by atoms with Gasteiger partial charge in [-0.2, -0.15) is 0 Å². The van der Waals surface area contributed by atoms with Gasteiger partial charge < -0.3 is 5.32 Å². The van der Waals surface area contributed by atoms with Crippen LogP contribution in [0, 0.1) is 0 Å². The van der Waals surface area contributed by atoms with Crippen molar-refractivity contribution in [2.75, 3.05) is 0 Å². The Labute approximate surface area is 127 Å². The van der Waals surface area contributed by atoms with Gasteiger partial charge in [-0.15, -0.1) is 0 Å². The quantitative estimate of drug-likeness (QED) is 0.564. The van der Waals surface area contributed by atoms with Gasteiger partial charge in [0, 0.05) is 6.21 Å². The van der Waals surface area contributed by atoms with Gasteiger partial charge in [0.1, 0.15) is 5.25 Å². The van der Waals surface area contributed by atoms with Gasteiger partial charge in [0.25, 0.3) is 5.91 Å². The summed E-state index contributed by atoms with van der Waals surface area (Å²) in [5.74, 6) is -0.910. The fourth-order valence-corrected chi connectivity index (χ4v) is 3.03. The molecule has 0 saturated carbocycles. The first kappa shape index (κ1) is 15.5. The summed E-state index contributed by atoms with van der Waals surface area (Å²) in [7, 11) is 0. The maximum absolute atomic E-state index is 12.3. The van der Waals surface area contributed by atoms with E-state index in [0.717, 1.165) is 5.56 Å². The lowest BCUT2D eigenvalue weighted by Crippen LogP contribution is -2.36. The van der Waals surface area contributed by atoms with Crippen molar-refractivity contribution in [3.63, 3.8) is 0 Å². The van der Waals surface area contributed by atoms with Crippen LogP contribution in [0.3, 0.4) is 0 Å². The fourth-order valence-electron chi connectivity index (χ4n) is 2.11. The highest BCUT2D eigenvalue weighted by molar-refractivity contribution is 8.02. The van der Waals surface area contributed by atoms with Gasteiger partial charge in [-0.05, 0) is 12.0 Å². The molecule has 3 atom stereocenters. The molecule has 0 aliphatic carbocycles. The lowest BCUT2D eigenvalue weighted by atomic mass is 9.96. The number of rotatable bonds is 5. The molecule has 2 rings (SSSR count). The average Bonchev–Trinajstić information content (AvgIpc) is 2.96. The van der Waals surface area contributed by atoms with E-state index in [1.165, 1.54) is 18.0 Å². The van der Waals surface area contributed by atoms with E-state index < -0.39 is 16.7 Å². The minimum Gasteiger partial charge on any atom is -0.325 e. The van der Waals surface area contributed by atoms with Crippen molar-refractivity contribution in [1.82, 2.24) is 10.8 Å². The van der Waals surface area contributed by atoms with E-state index in [9.17, 15) is 9.59 Å². The summed E-state index contributed by atoms with van der Waals surface area (Å²) in [5, 5.41) is 10.8. The molecule has 0 fully saturated rings. The Kier molecular flexibility index (Phi) is 5.35. The number of hydroxylamine groups is 1. The first-order valence-corrected chi connectivity index (χ1v) is 7.58. The van der Waals surface area contributed by atoms with Gasteiger partial charge in [-0.1, -0.05) is 49.0 Å². The van der Waals surface area contributed by atoms with Crippen molar-refractivity contribution in [3.8, 4) is 0 Å². The summed E-state index contributed by atoms with van der Waals surface area (Å²) in [4.78, 5) is 27.7. The topological polar surface area (TPSA) is 90.8 Å². The molecule has 7 heteroatoms. The Morgan fingerprint density at radius 3 is 2.71 bits per heavy atom. The monoisotopic (exact) mass is 307 g/mol. The molecule has 0 spiro atoms. The number of carbonyl (C=O) groups excluding carboxylic acids is 2. The fraction of sp³-hybridized carbons (Fsp3) is 0.357. The van der Waals surface area contributed by atoms with Crippen LogP contribution in [0.15, 0.2) is 35.3 Å². The van der Waals surface area contributed by atoms with Crippen molar-refractivity contribution in [1.29, 1.82) is 0 Å². The van der Waals surface area contributed by atoms with E-state index in [4.69, 9.17) is 5.21 Å². The summed E-state index contributed by atoms with van der Waals surface area (Å²) >= 11 is 1.17. The number of amides is 2. The number of aliphatic imine (C=N–C) groups is 1. The van der Waals surface area contributed by atoms with E-state index in [2.05, 4.69) is 10.3 Å². The molecule has 0 radical (unpaired) electrons. The zero-order valence-electron chi connectivity index (χ0n) is 11.5. The SMILES string of the molecule is CCC(C(=O)NC1N=CC(C(=O)NO)S1)c1ccccc1. The lowest BCUT2D eigenvalue weighted by molar-refractivity contribution is -0.127. The maximum atomic E-state index is 12.3. The number of benzene rings is 1. The standard InChI is InChI=1S/C14H17N3O3S/c1-2-10(9-6-4-3-5-7-9)12(18)16-14-15-8-11(21-14)13(19)17-20/h3-8,10-11,14,20H,2H2,1H3,(H,16,18)(H,17,19). The molecule has 1 heterocycles. The third-order valence-corrected chi connectivity index (χ3v) is 4.32. The van der Waals surface area contributed by atoms with E-state index in [1.807, 2.05) is 37.3 Å². The second kappa shape index (κ2) is 7.24. The maximum Gasteiger partial charge on any atom is 0.262 e. The molecule has 21 heavy (non-hydrogen) atoms. The van der Waals surface area contributed by atoms with E-state index in [0.29, 0.717) is 6.42 Å². The summed E-state index contributed by atoms with van der Waals surface area (Å²) in [6.07, 6.45) is 2.10. The molecule has 1 aliphatic rings. The Morgan fingerprint density at radius 1 is 1.38 bits per heavy atom. The van der Waals surface area contributed by atoms with E-state index in [-0.39, 0.29) is 11.8 Å². The van der Waals surface area contributed by atoms with Gasteiger partial charge in [-0.3, -0.25) is 19.8 Å². The van der Waals surface area contributed by atoms with E-state index >= 15 is 0 Å². The molecule has 2 amide bonds. The lowest BCUT2D eigenvalue weighted by Gasteiger charge is -2.18. The molecule has 3 unspecified atom stereocenters. The molecule has 1 aromatic carbocycles. The van der Waals surface area contributed by atoms with Crippen LogP contribution >= 0.6 is 11.8 Å². The summed E-state index contributed by atoms with van der Waals surface area (Å²) < 4.78 is 0. The third kappa shape index (κ3) is 3.83. The van der Waals surface area contributed by atoms with Crippen LogP contribution in [0.25, 0.3) is 0 Å². The van der Waals surface area contributed by atoms with Crippen molar-refractivity contribution in [2.24, 2.45) is 4.99 Å². The average molecular weight is 307 g/mol. The van der Waals surface area contributed by atoms with Gasteiger partial charge in [0.05, 0.1) is 5.92 Å². The Morgan fingerprint density at radius 2 is 2.10 bits per heavy atom. The molecule has 1 aromatic rings. The number of nitrogens with zero attached hydrogens (tertiary/aromatic N) is 1. The number of carbonyl (C=O) groups is 2. The molecule has 112 valence electrons. The van der Waals surface area contributed by atoms with Gasteiger partial charge in [0.15, 0.2) is 5.50 Å². The van der Waals surface area contributed by atoms with Crippen molar-refractivity contribution in [2.45, 2.75) is 30.0 Å². The third-order valence-electron chi connectivity index (χ3n) is 3.19. The zero-order chi connectivity index (χ0) is 15.2. The van der Waals surface area contributed by atoms with Gasteiger partial charge in [-0.25, -0.2) is 5.48 Å². The molecule has 0 bridgehead atoms. The number of hydrogen-bond donors (Lipinski definition) is 3. The highest BCUT2D eigenvalue weighted by Crippen LogP contribution is 2.25. The molecule has 6 nitrogen and oxygen atoms in total. The predicted octanol–water partition coefficient (Wildman–Crippen LogP) is 1.27. The normalized spacial score (nSPS) is 21.8. The van der Waals surface area contributed by atoms with Crippen LogP contribution < -0.4 is 10.8 Å². The number of hydrogen-bond acceptors (Lipinski definition) is 5. The van der Waals surface area contributed by atoms with Gasteiger partial charge >= 0.3 is 0 Å². The molecular formula is C14H17N3O3S. The van der Waals surface area contributed by atoms with Crippen molar-refractivity contribution in [3.05, 3.63) is 35.9 Å². The van der Waals surface area contributed by atoms with Crippen LogP contribution in [-0.4, -0.2) is 34.0 Å². The summed E-state index contributed by atoms with van der Waals surface area (Å²) in [6, 6.07) is 9.54. The predicted molar refractivity (Wildman–Crippen MR) is 81.2 cm³/mol. The zero-order valence-corrected chi connectivity index (χ0v) is 12.3. The van der Waals surface area contributed by atoms with Gasteiger partial charge in [0.2, 0.25) is 5.91 Å². The molecule has 0 aromatic heterocycles. The van der Waals surface area contributed by atoms with Crippen LogP contribution in [0.2, 0.25) is 0 Å². The molecule has 0 saturated heterocycles. The first-order valence-electron chi connectivity index (χ1n) is 6.63. The van der Waals surface area contributed by atoms with Crippen LogP contribution in [-0.2, 0) is 9.59 Å². The second-order valence-corrected chi connectivity index (χ2v) is 5.79. The highest BCUT2D eigenvalue weighted by Gasteiger charge is 2.29. The van der Waals surface area contributed by atoms with Crippen LogP contribution in [0.4, 0.5) is 0 Å². The Bertz CT molecular complexity index is 536. The number of thioether (sulfide) groups is 1. The van der Waals surface area contributed by atoms with Crippen LogP contribution in [0.5, 0.6) is 0 Å². The smallest absolute Gasteiger partial charge is 0.262 e. The summed E-state index contributed by atoms with van der Waals surface area (Å²) in [5.41, 5.74) is 2.03. The van der Waals surface area contributed by atoms with E-state index in [1.54, 1.807) is 5.48 Å². The minimum atomic E-state index is -0.586. The van der Waals surface area contributed by atoms with Crippen molar-refractivity contribution >= 4 is 29.8 Å². The van der Waals surface area contributed by atoms with Crippen molar-refractivity contribution < 1.29 is 14.8 Å². The largest absolute Gasteiger partial charge is 0.325 e. The highest BCUT2D eigenvalue weighted by atomic mass is 32.2. The van der Waals surface area contributed by atoms with Crippen LogP contribution in [0.1, 0.15) is 24.8 Å². The molecular weight excluding hydrogens is 290 g/mol. The second-order valence-electron chi connectivity index (χ2n) is 4.56. The Balaban J connectivity index is 1.96. The molecule has 1 aliphatic heterocycles. The molecule has 3 N–H and O–H groups in total. The first-order chi connectivity index (χ1) is 10.2. The minimum absolute atomic E-state index is 0.122. The number of nitrogens with one attached hydrogen (secondary N) is 2. The Hall–Kier alpha value is -1.86. The summed E-state index contributed by atoms with van der Waals surface area (Å²) in [6.45, 7) is 1.95.